The number of hydrogen-bond donors (Lipinski definition) is 3. The Morgan fingerprint density at radius 3 is 2.62 bits per heavy atom. The van der Waals surface area contributed by atoms with E-state index in [9.17, 15) is 9.59 Å². The number of amides is 1. The van der Waals surface area contributed by atoms with Crippen LogP contribution in [0.15, 0.2) is 75.5 Å². The summed E-state index contributed by atoms with van der Waals surface area (Å²) < 4.78 is 6.08. The van der Waals surface area contributed by atoms with E-state index >= 15 is 0 Å². The number of rotatable bonds is 5. The second kappa shape index (κ2) is 9.32. The van der Waals surface area contributed by atoms with Gasteiger partial charge in [0.05, 0.1) is 21.6 Å². The number of aromatic nitrogens is 3. The van der Waals surface area contributed by atoms with Gasteiger partial charge in [0, 0.05) is 17.0 Å². The second-order valence-corrected chi connectivity index (χ2v) is 13.0. The van der Waals surface area contributed by atoms with Gasteiger partial charge in [-0.05, 0) is 81.1 Å². The van der Waals surface area contributed by atoms with Crippen LogP contribution >= 0.6 is 10.0 Å². The fourth-order valence-electron chi connectivity index (χ4n) is 5.50. The topological polar surface area (TPSA) is 109 Å². The SMILES string of the molecule is Cc1cc(Oc2ccccc2)ccc1S1(C)c2nccc3nc(=O)[nH]c(c23)C1NC(=O)C1CCNCC1. The minimum Gasteiger partial charge on any atom is -0.457 e. The van der Waals surface area contributed by atoms with Crippen LogP contribution in [0.25, 0.3) is 10.9 Å². The first-order valence-electron chi connectivity index (χ1n) is 12.5. The third-order valence-corrected chi connectivity index (χ3v) is 11.1. The van der Waals surface area contributed by atoms with E-state index in [1.807, 2.05) is 42.5 Å². The van der Waals surface area contributed by atoms with Crippen molar-refractivity contribution < 1.29 is 9.53 Å². The van der Waals surface area contributed by atoms with Crippen LogP contribution in [-0.4, -0.2) is 40.2 Å². The van der Waals surface area contributed by atoms with E-state index in [0.717, 1.165) is 58.3 Å². The quantitative estimate of drug-likeness (QED) is 0.364. The molecule has 2 unspecified atom stereocenters. The Balaban J connectivity index is 1.45. The van der Waals surface area contributed by atoms with Crippen molar-refractivity contribution in [1.82, 2.24) is 25.6 Å². The molecule has 0 radical (unpaired) electrons. The van der Waals surface area contributed by atoms with E-state index in [1.54, 1.807) is 12.3 Å². The van der Waals surface area contributed by atoms with Crippen molar-refractivity contribution in [2.45, 2.75) is 35.1 Å². The van der Waals surface area contributed by atoms with Crippen molar-refractivity contribution in [3.63, 3.8) is 0 Å². The minimum atomic E-state index is -1.93. The molecule has 37 heavy (non-hydrogen) atoms. The van der Waals surface area contributed by atoms with E-state index in [0.29, 0.717) is 11.2 Å². The number of piperidine rings is 1. The lowest BCUT2D eigenvalue weighted by atomic mass is 9.97. The Morgan fingerprint density at radius 2 is 1.86 bits per heavy atom. The lowest BCUT2D eigenvalue weighted by Crippen LogP contribution is -2.40. The molecule has 190 valence electrons. The van der Waals surface area contributed by atoms with Gasteiger partial charge < -0.3 is 20.4 Å². The third-order valence-electron chi connectivity index (χ3n) is 7.33. The van der Waals surface area contributed by atoms with Crippen molar-refractivity contribution in [3.8, 4) is 11.5 Å². The number of hydrogen-bond acceptors (Lipinski definition) is 6. The first-order chi connectivity index (χ1) is 17.9. The molecule has 3 N–H and O–H groups in total. The largest absolute Gasteiger partial charge is 0.457 e. The van der Waals surface area contributed by atoms with Crippen LogP contribution in [0.3, 0.4) is 0 Å². The molecule has 1 saturated heterocycles. The molecule has 2 aliphatic heterocycles. The molecule has 2 aromatic heterocycles. The Labute approximate surface area is 216 Å². The minimum absolute atomic E-state index is 0.0190. The van der Waals surface area contributed by atoms with Crippen molar-refractivity contribution in [2.24, 2.45) is 5.92 Å². The van der Waals surface area contributed by atoms with Gasteiger partial charge in [-0.25, -0.2) is 4.79 Å². The summed E-state index contributed by atoms with van der Waals surface area (Å²) in [6.07, 6.45) is 5.46. The van der Waals surface area contributed by atoms with Gasteiger partial charge >= 0.3 is 5.69 Å². The molecule has 9 heteroatoms. The lowest BCUT2D eigenvalue weighted by Gasteiger charge is -2.40. The van der Waals surface area contributed by atoms with Gasteiger partial charge in [0.15, 0.2) is 0 Å². The van der Waals surface area contributed by atoms with E-state index in [4.69, 9.17) is 9.72 Å². The molecular weight excluding hydrogens is 486 g/mol. The Hall–Kier alpha value is -3.69. The average Bonchev–Trinajstić information content (AvgIpc) is 3.14. The molecule has 1 fully saturated rings. The molecule has 6 rings (SSSR count). The average molecular weight is 516 g/mol. The zero-order chi connectivity index (χ0) is 25.6. The van der Waals surface area contributed by atoms with Crippen molar-refractivity contribution in [3.05, 3.63) is 82.5 Å². The van der Waals surface area contributed by atoms with Crippen LogP contribution in [0.4, 0.5) is 0 Å². The normalized spacial score (nSPS) is 22.9. The number of ether oxygens (including phenoxy) is 1. The number of carbonyl (C=O) groups is 1. The van der Waals surface area contributed by atoms with Crippen LogP contribution in [-0.2, 0) is 4.79 Å². The Bertz CT molecular complexity index is 1550. The highest BCUT2D eigenvalue weighted by Crippen LogP contribution is 2.73. The monoisotopic (exact) mass is 515 g/mol. The first-order valence-corrected chi connectivity index (χ1v) is 14.6. The molecule has 4 aromatic rings. The third kappa shape index (κ3) is 4.08. The zero-order valence-electron chi connectivity index (χ0n) is 20.8. The van der Waals surface area contributed by atoms with E-state index in [2.05, 4.69) is 39.8 Å². The summed E-state index contributed by atoms with van der Waals surface area (Å²) in [6.45, 7) is 3.71. The number of benzene rings is 2. The zero-order valence-corrected chi connectivity index (χ0v) is 21.6. The number of nitrogens with one attached hydrogen (secondary N) is 3. The first kappa shape index (κ1) is 23.7. The summed E-state index contributed by atoms with van der Waals surface area (Å²) in [5, 5.41) is 7.96. The predicted octanol–water partition coefficient (Wildman–Crippen LogP) is 4.40. The van der Waals surface area contributed by atoms with Crippen LogP contribution < -0.4 is 21.1 Å². The van der Waals surface area contributed by atoms with Gasteiger partial charge in [-0.1, -0.05) is 18.2 Å². The lowest BCUT2D eigenvalue weighted by molar-refractivity contribution is -0.126. The van der Waals surface area contributed by atoms with Gasteiger partial charge in [-0.15, -0.1) is 10.0 Å². The molecule has 2 aromatic carbocycles. The maximum atomic E-state index is 13.5. The van der Waals surface area contributed by atoms with Crippen LogP contribution in [0, 0.1) is 12.8 Å². The molecule has 0 bridgehead atoms. The van der Waals surface area contributed by atoms with Crippen molar-refractivity contribution in [2.75, 3.05) is 19.3 Å². The van der Waals surface area contributed by atoms with Crippen LogP contribution in [0.1, 0.15) is 29.5 Å². The number of para-hydroxylation sites is 1. The van der Waals surface area contributed by atoms with Crippen molar-refractivity contribution in [1.29, 1.82) is 0 Å². The maximum absolute atomic E-state index is 13.5. The predicted molar refractivity (Wildman–Crippen MR) is 144 cm³/mol. The molecule has 0 aliphatic carbocycles. The molecule has 0 spiro atoms. The summed E-state index contributed by atoms with van der Waals surface area (Å²) >= 11 is 0. The highest BCUT2D eigenvalue weighted by molar-refractivity contribution is 8.33. The fraction of sp³-hybridized carbons (Fsp3) is 0.286. The molecule has 2 aliphatic rings. The molecular formula is C28H29N5O3S. The number of carbonyl (C=O) groups excluding carboxylic acids is 1. The van der Waals surface area contributed by atoms with E-state index in [-0.39, 0.29) is 11.8 Å². The molecule has 1 amide bonds. The molecule has 2 atom stereocenters. The number of H-pyrrole nitrogens is 1. The van der Waals surface area contributed by atoms with E-state index in [1.165, 1.54) is 0 Å². The number of nitrogens with zero attached hydrogens (tertiary/aromatic N) is 2. The summed E-state index contributed by atoms with van der Waals surface area (Å²) in [4.78, 5) is 39.1. The highest BCUT2D eigenvalue weighted by Gasteiger charge is 2.46. The maximum Gasteiger partial charge on any atom is 0.345 e. The van der Waals surface area contributed by atoms with E-state index < -0.39 is 21.1 Å². The Kier molecular flexibility index (Phi) is 5.97. The van der Waals surface area contributed by atoms with Crippen molar-refractivity contribution >= 4 is 26.8 Å². The summed E-state index contributed by atoms with van der Waals surface area (Å²) in [5.41, 5.74) is 1.91. The van der Waals surface area contributed by atoms with Gasteiger partial charge in [0.1, 0.15) is 16.9 Å². The van der Waals surface area contributed by atoms with Crippen LogP contribution in [0.5, 0.6) is 11.5 Å². The highest BCUT2D eigenvalue weighted by atomic mass is 32.3. The number of pyridine rings is 1. The molecule has 0 saturated carbocycles. The molecule has 8 nitrogen and oxygen atoms in total. The summed E-state index contributed by atoms with van der Waals surface area (Å²) in [6, 6.07) is 17.5. The second-order valence-electron chi connectivity index (χ2n) is 9.70. The van der Waals surface area contributed by atoms with Crippen LogP contribution in [0.2, 0.25) is 0 Å². The number of aromatic amines is 1. The van der Waals surface area contributed by atoms with Gasteiger partial charge in [0.25, 0.3) is 0 Å². The fourth-order valence-corrected chi connectivity index (χ4v) is 9.18. The van der Waals surface area contributed by atoms with Gasteiger partial charge in [-0.2, -0.15) is 4.98 Å². The van der Waals surface area contributed by atoms with Gasteiger partial charge in [-0.3, -0.25) is 9.78 Å². The Morgan fingerprint density at radius 1 is 1.08 bits per heavy atom. The standard InChI is InChI=1S/C28H29N5O3S/c1-17-16-20(36-19-6-4-3-5-7-19)8-9-22(17)37(2)26-23-21(12-15-30-26)31-28(35)32-24(23)27(37)33-25(34)18-10-13-29-14-11-18/h3-9,12,15-16,18,27,29H,10-11,13-14H2,1-2H3,(H,33,34)(H,31,32,35). The summed E-state index contributed by atoms with van der Waals surface area (Å²) in [7, 11) is -1.93. The van der Waals surface area contributed by atoms with Gasteiger partial charge in [0.2, 0.25) is 5.91 Å². The smallest absolute Gasteiger partial charge is 0.345 e. The number of aryl methyl sites for hydroxylation is 1. The summed E-state index contributed by atoms with van der Waals surface area (Å²) in [5.74, 6) is 1.46. The molecule has 4 heterocycles.